The van der Waals surface area contributed by atoms with Crippen LogP contribution in [-0.4, -0.2) is 25.2 Å². The van der Waals surface area contributed by atoms with Crippen LogP contribution in [0.15, 0.2) is 72.8 Å². The van der Waals surface area contributed by atoms with Crippen molar-refractivity contribution in [3.8, 4) is 23.0 Å². The van der Waals surface area contributed by atoms with Crippen LogP contribution in [0.4, 0.5) is 0 Å². The zero-order chi connectivity index (χ0) is 34.1. The van der Waals surface area contributed by atoms with E-state index in [1.165, 1.54) is 103 Å². The molecule has 0 amide bonds. The first-order valence-corrected chi connectivity index (χ1v) is 18.6. The lowest BCUT2D eigenvalue weighted by Gasteiger charge is -2.09. The van der Waals surface area contributed by atoms with Gasteiger partial charge in [0.1, 0.15) is 23.0 Å². The molecule has 3 aromatic carbocycles. The standard InChI is InChI=1S/C42H58O6/c1-3-5-7-9-11-13-15-17-19-33-45-37-25-21-35(22-26-37)41(43)47-39-29-31-40(32-30-39)48-42(44)36-23-27-38(28-24-36)46-34-20-18-16-14-12-10-8-6-4-2/h21-32H,3-20,33-34H2,1-2H3. The molecule has 3 rings (SSSR count). The van der Waals surface area contributed by atoms with Gasteiger partial charge in [-0.2, -0.15) is 0 Å². The molecule has 0 radical (unpaired) electrons. The van der Waals surface area contributed by atoms with Crippen molar-refractivity contribution in [2.45, 2.75) is 129 Å². The normalized spacial score (nSPS) is 10.9. The van der Waals surface area contributed by atoms with Gasteiger partial charge >= 0.3 is 11.9 Å². The van der Waals surface area contributed by atoms with Gasteiger partial charge in [-0.1, -0.05) is 117 Å². The summed E-state index contributed by atoms with van der Waals surface area (Å²) in [6.07, 6.45) is 22.9. The molecule has 0 aromatic heterocycles. The molecule has 0 atom stereocenters. The molecule has 0 aliphatic rings. The smallest absolute Gasteiger partial charge is 0.343 e. The Labute approximate surface area is 289 Å². The van der Waals surface area contributed by atoms with E-state index in [-0.39, 0.29) is 0 Å². The highest BCUT2D eigenvalue weighted by Crippen LogP contribution is 2.22. The zero-order valence-electron chi connectivity index (χ0n) is 29.5. The lowest BCUT2D eigenvalue weighted by molar-refractivity contribution is 0.0719. The summed E-state index contributed by atoms with van der Waals surface area (Å²) in [6, 6.07) is 20.4. The Morgan fingerprint density at radius 1 is 0.375 bits per heavy atom. The summed E-state index contributed by atoms with van der Waals surface area (Å²) in [5.41, 5.74) is 0.864. The molecular formula is C42H58O6. The van der Waals surface area contributed by atoms with Crippen LogP contribution < -0.4 is 18.9 Å². The first-order valence-electron chi connectivity index (χ1n) is 18.6. The van der Waals surface area contributed by atoms with Crippen LogP contribution >= 0.6 is 0 Å². The van der Waals surface area contributed by atoms with Gasteiger partial charge in [-0.15, -0.1) is 0 Å². The minimum Gasteiger partial charge on any atom is -0.494 e. The second kappa shape index (κ2) is 24.4. The highest BCUT2D eigenvalue weighted by atomic mass is 16.5. The van der Waals surface area contributed by atoms with E-state index in [9.17, 15) is 9.59 Å². The molecule has 0 heterocycles. The number of unbranched alkanes of at least 4 members (excludes halogenated alkanes) is 16. The van der Waals surface area contributed by atoms with Gasteiger partial charge in [-0.3, -0.25) is 0 Å². The second-order valence-electron chi connectivity index (χ2n) is 12.7. The average molecular weight is 659 g/mol. The first-order chi connectivity index (χ1) is 23.6. The van der Waals surface area contributed by atoms with Crippen LogP contribution in [0.5, 0.6) is 23.0 Å². The first kappa shape index (κ1) is 38.6. The molecule has 6 heteroatoms. The predicted molar refractivity (Wildman–Crippen MR) is 195 cm³/mol. The molecule has 48 heavy (non-hydrogen) atoms. The largest absolute Gasteiger partial charge is 0.494 e. The van der Waals surface area contributed by atoms with Crippen molar-refractivity contribution in [2.24, 2.45) is 0 Å². The van der Waals surface area contributed by atoms with Gasteiger partial charge in [0.05, 0.1) is 24.3 Å². The van der Waals surface area contributed by atoms with Gasteiger partial charge < -0.3 is 18.9 Å². The number of esters is 2. The average Bonchev–Trinajstić information content (AvgIpc) is 3.11. The van der Waals surface area contributed by atoms with Gasteiger partial charge in [0.2, 0.25) is 0 Å². The molecule has 6 nitrogen and oxygen atoms in total. The maximum Gasteiger partial charge on any atom is 0.343 e. The van der Waals surface area contributed by atoms with Crippen molar-refractivity contribution in [3.05, 3.63) is 83.9 Å². The molecule has 0 N–H and O–H groups in total. The van der Waals surface area contributed by atoms with Gasteiger partial charge in [-0.25, -0.2) is 9.59 Å². The van der Waals surface area contributed by atoms with E-state index in [0.717, 1.165) is 24.3 Å². The predicted octanol–water partition coefficient (Wildman–Crippen LogP) is 11.9. The fourth-order valence-corrected chi connectivity index (χ4v) is 5.49. The topological polar surface area (TPSA) is 71.1 Å². The van der Waals surface area contributed by atoms with Crippen molar-refractivity contribution >= 4 is 11.9 Å². The third kappa shape index (κ3) is 16.3. The summed E-state index contributed by atoms with van der Waals surface area (Å²) in [6.45, 7) is 5.85. The van der Waals surface area contributed by atoms with Crippen molar-refractivity contribution in [1.29, 1.82) is 0 Å². The maximum absolute atomic E-state index is 12.7. The van der Waals surface area contributed by atoms with Crippen molar-refractivity contribution in [1.82, 2.24) is 0 Å². The van der Waals surface area contributed by atoms with Crippen LogP contribution in [0.1, 0.15) is 150 Å². The van der Waals surface area contributed by atoms with Crippen molar-refractivity contribution < 1.29 is 28.5 Å². The summed E-state index contributed by atoms with van der Waals surface area (Å²) >= 11 is 0. The molecule has 0 spiro atoms. The van der Waals surface area contributed by atoms with Crippen molar-refractivity contribution in [2.75, 3.05) is 13.2 Å². The molecule has 0 saturated carbocycles. The van der Waals surface area contributed by atoms with E-state index in [0.29, 0.717) is 35.8 Å². The van der Waals surface area contributed by atoms with E-state index >= 15 is 0 Å². The van der Waals surface area contributed by atoms with Crippen LogP contribution in [0, 0.1) is 0 Å². The number of ether oxygens (including phenoxy) is 4. The Balaban J connectivity index is 1.29. The lowest BCUT2D eigenvalue weighted by atomic mass is 10.1. The van der Waals surface area contributed by atoms with Crippen LogP contribution in [0.3, 0.4) is 0 Å². The number of rotatable bonds is 26. The molecule has 0 aliphatic heterocycles. The number of benzene rings is 3. The summed E-state index contributed by atoms with van der Waals surface area (Å²) < 4.78 is 22.7. The number of hydrogen-bond donors (Lipinski definition) is 0. The Morgan fingerprint density at radius 3 is 0.958 bits per heavy atom. The number of hydrogen-bond acceptors (Lipinski definition) is 6. The molecule has 0 aliphatic carbocycles. The minimum absolute atomic E-state index is 0.360. The molecular weight excluding hydrogens is 600 g/mol. The number of carbonyl (C=O) groups is 2. The van der Waals surface area contributed by atoms with Gasteiger partial charge in [0, 0.05) is 0 Å². The van der Waals surface area contributed by atoms with E-state index in [4.69, 9.17) is 18.9 Å². The van der Waals surface area contributed by atoms with Gasteiger partial charge in [0.15, 0.2) is 0 Å². The highest BCUT2D eigenvalue weighted by Gasteiger charge is 2.12. The fraction of sp³-hybridized carbons (Fsp3) is 0.524. The van der Waals surface area contributed by atoms with E-state index in [1.54, 1.807) is 72.8 Å². The Bertz CT molecular complexity index is 1170. The SMILES string of the molecule is CCCCCCCCCCCOc1ccc(C(=O)Oc2ccc(OC(=O)c3ccc(OCCCCCCCCCCC)cc3)cc2)cc1. The molecule has 0 fully saturated rings. The molecule has 262 valence electrons. The third-order valence-corrected chi connectivity index (χ3v) is 8.46. The molecule has 3 aromatic rings. The summed E-state index contributed by atoms with van der Waals surface area (Å²) in [7, 11) is 0. The van der Waals surface area contributed by atoms with E-state index in [1.807, 2.05) is 0 Å². The molecule has 0 bridgehead atoms. The minimum atomic E-state index is -0.467. The lowest BCUT2D eigenvalue weighted by Crippen LogP contribution is -2.09. The van der Waals surface area contributed by atoms with Gasteiger partial charge in [0.25, 0.3) is 0 Å². The van der Waals surface area contributed by atoms with E-state index in [2.05, 4.69) is 13.8 Å². The van der Waals surface area contributed by atoms with Gasteiger partial charge in [-0.05, 0) is 85.6 Å². The van der Waals surface area contributed by atoms with Crippen LogP contribution in [0.25, 0.3) is 0 Å². The Hall–Kier alpha value is -3.80. The summed E-state index contributed by atoms with van der Waals surface area (Å²) in [5.74, 6) is 1.27. The van der Waals surface area contributed by atoms with Crippen LogP contribution in [-0.2, 0) is 0 Å². The van der Waals surface area contributed by atoms with Crippen LogP contribution in [0.2, 0.25) is 0 Å². The Kier molecular flexibility index (Phi) is 19.6. The summed E-state index contributed by atoms with van der Waals surface area (Å²) in [4.78, 5) is 25.3. The summed E-state index contributed by atoms with van der Waals surface area (Å²) in [5, 5.41) is 0. The Morgan fingerprint density at radius 2 is 0.646 bits per heavy atom. The number of carbonyl (C=O) groups excluding carboxylic acids is 2. The maximum atomic E-state index is 12.7. The zero-order valence-corrected chi connectivity index (χ0v) is 29.5. The van der Waals surface area contributed by atoms with E-state index < -0.39 is 11.9 Å². The molecule has 0 saturated heterocycles. The van der Waals surface area contributed by atoms with Crippen molar-refractivity contribution in [3.63, 3.8) is 0 Å². The highest BCUT2D eigenvalue weighted by molar-refractivity contribution is 5.92. The second-order valence-corrected chi connectivity index (χ2v) is 12.7. The molecule has 0 unspecified atom stereocenters. The third-order valence-electron chi connectivity index (χ3n) is 8.46. The monoisotopic (exact) mass is 658 g/mol. The fourth-order valence-electron chi connectivity index (χ4n) is 5.49. The quantitative estimate of drug-likeness (QED) is 0.0485.